The maximum Gasteiger partial charge on any atom is 0.340 e. The number of nitrogens with zero attached hydrogens (tertiary/aromatic N) is 3. The first-order valence-electron chi connectivity index (χ1n) is 8.72. The molecule has 0 saturated heterocycles. The number of halogens is 1. The summed E-state index contributed by atoms with van der Waals surface area (Å²) in [7, 11) is 1.38. The van der Waals surface area contributed by atoms with E-state index in [0.717, 1.165) is 27.5 Å². The van der Waals surface area contributed by atoms with E-state index in [1.165, 1.54) is 7.11 Å². The van der Waals surface area contributed by atoms with Crippen LogP contribution >= 0.6 is 11.6 Å². The van der Waals surface area contributed by atoms with Gasteiger partial charge >= 0.3 is 5.97 Å². The molecule has 0 saturated carbocycles. The van der Waals surface area contributed by atoms with Gasteiger partial charge in [0, 0.05) is 35.9 Å². The molecule has 4 aromatic rings. The monoisotopic (exact) mass is 381 g/mol. The predicted octanol–water partition coefficient (Wildman–Crippen LogP) is 5.10. The van der Waals surface area contributed by atoms with Crippen molar-refractivity contribution >= 4 is 39.5 Å². The molecule has 3 aromatic heterocycles. The Kier molecular flexibility index (Phi) is 5.72. The van der Waals surface area contributed by atoms with Gasteiger partial charge < -0.3 is 9.30 Å². The summed E-state index contributed by atoms with van der Waals surface area (Å²) in [5.74, 6) is -0.369. The van der Waals surface area contributed by atoms with Crippen molar-refractivity contribution in [2.24, 2.45) is 0 Å². The first kappa shape index (κ1) is 18.9. The van der Waals surface area contributed by atoms with Gasteiger partial charge in [0.2, 0.25) is 0 Å². The van der Waals surface area contributed by atoms with Gasteiger partial charge in [0.05, 0.1) is 23.2 Å². The third-order valence-corrected chi connectivity index (χ3v) is 4.31. The maximum absolute atomic E-state index is 12.0. The molecule has 0 unspecified atom stereocenters. The third kappa shape index (κ3) is 3.78. The van der Waals surface area contributed by atoms with Crippen LogP contribution in [0, 0.1) is 0 Å². The van der Waals surface area contributed by atoms with E-state index >= 15 is 0 Å². The number of esters is 1. The average molecular weight is 382 g/mol. The highest BCUT2D eigenvalue weighted by molar-refractivity contribution is 6.31. The van der Waals surface area contributed by atoms with E-state index in [-0.39, 0.29) is 5.97 Å². The second kappa shape index (κ2) is 8.18. The molecule has 0 amide bonds. The van der Waals surface area contributed by atoms with Crippen molar-refractivity contribution in [2.75, 3.05) is 7.11 Å². The molecule has 0 aliphatic rings. The number of methoxy groups -OCH3 is 1. The van der Waals surface area contributed by atoms with Crippen LogP contribution in [0.25, 0.3) is 21.9 Å². The molecule has 5 nitrogen and oxygen atoms in total. The second-order valence-corrected chi connectivity index (χ2v) is 6.15. The van der Waals surface area contributed by atoms with E-state index in [2.05, 4.69) is 9.97 Å². The largest absolute Gasteiger partial charge is 0.465 e. The van der Waals surface area contributed by atoms with Gasteiger partial charge in [-0.1, -0.05) is 31.5 Å². The Morgan fingerprint density at radius 2 is 2.00 bits per heavy atom. The number of ether oxygens (including phenoxy) is 1. The fourth-order valence-corrected chi connectivity index (χ4v) is 3.13. The summed E-state index contributed by atoms with van der Waals surface area (Å²) in [6.07, 6.45) is 5.13. The summed E-state index contributed by atoms with van der Waals surface area (Å²) in [5, 5.41) is 2.35. The van der Waals surface area contributed by atoms with Gasteiger partial charge in [0.15, 0.2) is 0 Å². The summed E-state index contributed by atoms with van der Waals surface area (Å²) in [6.45, 7) is 4.58. The highest BCUT2D eigenvalue weighted by Gasteiger charge is 2.16. The van der Waals surface area contributed by atoms with E-state index < -0.39 is 0 Å². The molecule has 0 fully saturated rings. The van der Waals surface area contributed by atoms with Crippen molar-refractivity contribution in [3.63, 3.8) is 0 Å². The molecule has 3 heterocycles. The van der Waals surface area contributed by atoms with Crippen LogP contribution in [0.5, 0.6) is 0 Å². The molecule has 0 aliphatic heterocycles. The Morgan fingerprint density at radius 3 is 2.78 bits per heavy atom. The highest BCUT2D eigenvalue weighted by Crippen LogP contribution is 2.23. The first-order valence-corrected chi connectivity index (χ1v) is 9.10. The van der Waals surface area contributed by atoms with E-state index in [1.54, 1.807) is 18.6 Å². The van der Waals surface area contributed by atoms with Crippen molar-refractivity contribution in [2.45, 2.75) is 20.4 Å². The van der Waals surface area contributed by atoms with Crippen LogP contribution in [0.4, 0.5) is 0 Å². The zero-order valence-corrected chi connectivity index (χ0v) is 16.2. The molecule has 0 aliphatic carbocycles. The SMILES string of the molecule is CC.COC(=O)c1cn(Cc2ccc3ncc(Cl)cc3c2)c2ncccc12. The Labute approximate surface area is 162 Å². The number of fused-ring (bicyclic) bond motifs is 2. The number of aromatic nitrogens is 3. The topological polar surface area (TPSA) is 57.0 Å². The van der Waals surface area contributed by atoms with Crippen molar-refractivity contribution in [1.29, 1.82) is 0 Å². The lowest BCUT2D eigenvalue weighted by Gasteiger charge is -2.06. The van der Waals surface area contributed by atoms with E-state index in [9.17, 15) is 4.79 Å². The fourth-order valence-electron chi connectivity index (χ4n) is 2.96. The van der Waals surface area contributed by atoms with Gasteiger partial charge in [-0.3, -0.25) is 4.98 Å². The molecule has 0 spiro atoms. The Bertz CT molecular complexity index is 1110. The number of carbonyl (C=O) groups excluding carboxylic acids is 1. The van der Waals surface area contributed by atoms with Crippen LogP contribution in [-0.4, -0.2) is 27.6 Å². The Morgan fingerprint density at radius 1 is 1.19 bits per heavy atom. The molecule has 0 radical (unpaired) electrons. The number of benzene rings is 1. The van der Waals surface area contributed by atoms with Crippen molar-refractivity contribution in [3.8, 4) is 0 Å². The molecule has 6 heteroatoms. The predicted molar refractivity (Wildman–Crippen MR) is 108 cm³/mol. The third-order valence-electron chi connectivity index (χ3n) is 4.10. The minimum Gasteiger partial charge on any atom is -0.465 e. The molecule has 1 aromatic carbocycles. The van der Waals surface area contributed by atoms with Gasteiger partial charge in [-0.15, -0.1) is 0 Å². The van der Waals surface area contributed by atoms with Crippen LogP contribution in [0.2, 0.25) is 5.02 Å². The molecule has 0 N–H and O–H groups in total. The number of hydrogen-bond acceptors (Lipinski definition) is 4. The van der Waals surface area contributed by atoms with Gasteiger partial charge in [-0.2, -0.15) is 0 Å². The van der Waals surface area contributed by atoms with Gasteiger partial charge in [0.25, 0.3) is 0 Å². The molecule has 138 valence electrons. The number of rotatable bonds is 3. The normalized spacial score (nSPS) is 10.5. The highest BCUT2D eigenvalue weighted by atomic mass is 35.5. The van der Waals surface area contributed by atoms with Crippen LogP contribution < -0.4 is 0 Å². The molecule has 27 heavy (non-hydrogen) atoms. The fraction of sp³-hybridized carbons (Fsp3) is 0.190. The molecule has 4 rings (SSSR count). The number of pyridine rings is 2. The maximum atomic E-state index is 12.0. The van der Waals surface area contributed by atoms with Crippen molar-refractivity contribution in [3.05, 3.63) is 71.1 Å². The molecule has 0 atom stereocenters. The summed E-state index contributed by atoms with van der Waals surface area (Å²) in [4.78, 5) is 20.7. The summed E-state index contributed by atoms with van der Waals surface area (Å²) < 4.78 is 6.82. The summed E-state index contributed by atoms with van der Waals surface area (Å²) in [6, 6.07) is 11.6. The summed E-state index contributed by atoms with van der Waals surface area (Å²) in [5.41, 5.74) is 3.21. The van der Waals surface area contributed by atoms with Gasteiger partial charge in [-0.05, 0) is 35.9 Å². The number of carbonyl (C=O) groups is 1. The minimum atomic E-state index is -0.369. The number of hydrogen-bond donors (Lipinski definition) is 0. The minimum absolute atomic E-state index is 0.369. The molecule has 0 bridgehead atoms. The average Bonchev–Trinajstić information content (AvgIpc) is 3.07. The van der Waals surface area contributed by atoms with Crippen LogP contribution in [-0.2, 0) is 11.3 Å². The van der Waals surface area contributed by atoms with Crippen LogP contribution in [0.15, 0.2) is 55.0 Å². The second-order valence-electron chi connectivity index (χ2n) is 5.72. The standard InChI is InChI=1S/C19H14ClN3O2.C2H6/c1-25-19(24)16-11-23(18-15(16)3-2-6-21-18)10-12-4-5-17-13(7-12)8-14(20)9-22-17;1-2/h2-9,11H,10H2,1H3;1-2H3. The van der Waals surface area contributed by atoms with E-state index in [4.69, 9.17) is 16.3 Å². The molecular weight excluding hydrogens is 362 g/mol. The smallest absolute Gasteiger partial charge is 0.340 e. The lowest BCUT2D eigenvalue weighted by Crippen LogP contribution is -2.01. The van der Waals surface area contributed by atoms with Gasteiger partial charge in [0.1, 0.15) is 5.65 Å². The van der Waals surface area contributed by atoms with Gasteiger partial charge in [-0.25, -0.2) is 9.78 Å². The van der Waals surface area contributed by atoms with E-state index in [1.807, 2.05) is 54.8 Å². The first-order chi connectivity index (χ1) is 13.2. The van der Waals surface area contributed by atoms with Crippen LogP contribution in [0.1, 0.15) is 29.8 Å². The lowest BCUT2D eigenvalue weighted by atomic mass is 10.1. The quantitative estimate of drug-likeness (QED) is 0.463. The molecular formula is C21H20ClN3O2. The lowest BCUT2D eigenvalue weighted by molar-refractivity contribution is 0.0602. The zero-order chi connectivity index (χ0) is 19.4. The van der Waals surface area contributed by atoms with Crippen molar-refractivity contribution in [1.82, 2.24) is 14.5 Å². The Hall–Kier alpha value is -2.92. The summed E-state index contributed by atoms with van der Waals surface area (Å²) >= 11 is 6.03. The Balaban J connectivity index is 0.00000102. The van der Waals surface area contributed by atoms with Crippen molar-refractivity contribution < 1.29 is 9.53 Å². The van der Waals surface area contributed by atoms with Crippen LogP contribution in [0.3, 0.4) is 0 Å². The van der Waals surface area contributed by atoms with E-state index in [0.29, 0.717) is 17.1 Å². The zero-order valence-electron chi connectivity index (χ0n) is 15.4.